The van der Waals surface area contributed by atoms with E-state index in [0.29, 0.717) is 5.75 Å². The van der Waals surface area contributed by atoms with E-state index >= 15 is 0 Å². The molecule has 1 fully saturated rings. The van der Waals surface area contributed by atoms with Gasteiger partial charge in [0.25, 0.3) is 0 Å². The molecule has 0 amide bonds. The Morgan fingerprint density at radius 3 is 2.26 bits per heavy atom. The molecule has 1 aromatic rings. The Kier molecular flexibility index (Phi) is 4.31. The molecule has 4 heteroatoms. The lowest BCUT2D eigenvalue weighted by Crippen LogP contribution is -2.44. The smallest absolute Gasteiger partial charge is 0.159 e. The van der Waals surface area contributed by atoms with E-state index < -0.39 is 9.84 Å². The third-order valence-electron chi connectivity index (χ3n) is 4.10. The minimum atomic E-state index is -2.99. The van der Waals surface area contributed by atoms with Gasteiger partial charge in [0.15, 0.2) is 9.84 Å². The average molecular weight is 282 g/mol. The Bertz CT molecular complexity index is 514. The number of aryl methyl sites for hydroxylation is 1. The predicted octanol–water partition coefficient (Wildman–Crippen LogP) is 2.15. The number of likely N-dealkylation sites (tertiary alicyclic amines) is 1. The molecule has 0 aliphatic carbocycles. The second-order valence-electron chi connectivity index (χ2n) is 6.08. The van der Waals surface area contributed by atoms with Crippen LogP contribution in [0.2, 0.25) is 0 Å². The number of quaternary nitrogens is 1. The summed E-state index contributed by atoms with van der Waals surface area (Å²) >= 11 is 0. The topological polar surface area (TPSA) is 34.1 Å². The second kappa shape index (κ2) is 5.63. The summed E-state index contributed by atoms with van der Waals surface area (Å²) in [6.45, 7) is 5.02. The minimum Gasteiger partial charge on any atom is -0.325 e. The minimum absolute atomic E-state index is 0.174. The molecule has 19 heavy (non-hydrogen) atoms. The summed E-state index contributed by atoms with van der Waals surface area (Å²) in [5.41, 5.74) is 2.06. The van der Waals surface area contributed by atoms with Crippen LogP contribution in [0.15, 0.2) is 24.3 Å². The van der Waals surface area contributed by atoms with E-state index in [-0.39, 0.29) is 5.75 Å². The van der Waals surface area contributed by atoms with Crippen LogP contribution in [-0.2, 0) is 15.6 Å². The summed E-state index contributed by atoms with van der Waals surface area (Å²) in [5, 5.41) is 0. The van der Waals surface area contributed by atoms with Crippen molar-refractivity contribution in [2.75, 3.05) is 32.4 Å². The summed E-state index contributed by atoms with van der Waals surface area (Å²) in [4.78, 5) is 0. The largest absolute Gasteiger partial charge is 0.325 e. The maximum atomic E-state index is 12.2. The van der Waals surface area contributed by atoms with Crippen molar-refractivity contribution in [3.63, 3.8) is 0 Å². The van der Waals surface area contributed by atoms with E-state index in [9.17, 15) is 8.42 Å². The van der Waals surface area contributed by atoms with Crippen LogP contribution in [0.4, 0.5) is 0 Å². The van der Waals surface area contributed by atoms with Crippen molar-refractivity contribution in [2.45, 2.75) is 25.5 Å². The monoisotopic (exact) mass is 282 g/mol. The van der Waals surface area contributed by atoms with E-state index in [4.69, 9.17) is 0 Å². The maximum absolute atomic E-state index is 12.2. The molecule has 1 aliphatic heterocycles. The average Bonchev–Trinajstić information content (AvgIpc) is 2.78. The zero-order valence-electron chi connectivity index (χ0n) is 11.9. The molecule has 0 atom stereocenters. The molecule has 2 rings (SSSR count). The lowest BCUT2D eigenvalue weighted by Gasteiger charge is -2.28. The van der Waals surface area contributed by atoms with Gasteiger partial charge in [0.05, 0.1) is 38.2 Å². The van der Waals surface area contributed by atoms with Crippen LogP contribution >= 0.6 is 0 Å². The Morgan fingerprint density at radius 1 is 1.11 bits per heavy atom. The number of benzene rings is 1. The molecule has 0 unspecified atom stereocenters. The van der Waals surface area contributed by atoms with Crippen molar-refractivity contribution in [2.24, 2.45) is 0 Å². The molecule has 0 saturated carbocycles. The highest BCUT2D eigenvalue weighted by Crippen LogP contribution is 2.17. The fourth-order valence-corrected chi connectivity index (χ4v) is 4.26. The third kappa shape index (κ3) is 4.32. The van der Waals surface area contributed by atoms with Crippen LogP contribution in [0, 0.1) is 6.92 Å². The zero-order valence-corrected chi connectivity index (χ0v) is 12.7. The molecule has 0 N–H and O–H groups in total. The number of sulfone groups is 1. The van der Waals surface area contributed by atoms with Gasteiger partial charge < -0.3 is 4.48 Å². The van der Waals surface area contributed by atoms with Crippen molar-refractivity contribution >= 4 is 9.84 Å². The molecule has 0 radical (unpaired) electrons. The van der Waals surface area contributed by atoms with Crippen LogP contribution in [0.1, 0.15) is 24.0 Å². The Morgan fingerprint density at radius 2 is 1.68 bits per heavy atom. The van der Waals surface area contributed by atoms with Gasteiger partial charge in [-0.1, -0.05) is 29.8 Å². The van der Waals surface area contributed by atoms with E-state index in [1.54, 1.807) is 0 Å². The third-order valence-corrected chi connectivity index (χ3v) is 5.67. The first-order valence-electron chi connectivity index (χ1n) is 6.98. The lowest BCUT2D eigenvalue weighted by atomic mass is 10.2. The van der Waals surface area contributed by atoms with Crippen molar-refractivity contribution in [3.05, 3.63) is 35.4 Å². The predicted molar refractivity (Wildman–Crippen MR) is 78.7 cm³/mol. The molecule has 1 heterocycles. The summed E-state index contributed by atoms with van der Waals surface area (Å²) in [6, 6.07) is 7.77. The summed E-state index contributed by atoms with van der Waals surface area (Å²) in [7, 11) is -0.814. The number of hydrogen-bond acceptors (Lipinski definition) is 2. The summed E-state index contributed by atoms with van der Waals surface area (Å²) in [5.74, 6) is 0.477. The van der Waals surface area contributed by atoms with Crippen LogP contribution in [0.3, 0.4) is 0 Å². The molecule has 3 nitrogen and oxygen atoms in total. The van der Waals surface area contributed by atoms with Crippen LogP contribution in [0.25, 0.3) is 0 Å². The Balaban J connectivity index is 1.93. The van der Waals surface area contributed by atoms with E-state index in [2.05, 4.69) is 7.05 Å². The van der Waals surface area contributed by atoms with Crippen molar-refractivity contribution < 1.29 is 12.9 Å². The van der Waals surface area contributed by atoms with E-state index in [1.807, 2.05) is 31.2 Å². The van der Waals surface area contributed by atoms with Gasteiger partial charge in [0.1, 0.15) is 0 Å². The molecule has 0 aromatic heterocycles. The standard InChI is InChI=1S/C15H24NO2S/c1-14-5-7-15(8-6-14)13-19(17,18)12-11-16(2)9-3-4-10-16/h5-8H,3-4,9-13H2,1-2H3/q+1. The van der Waals surface area contributed by atoms with Gasteiger partial charge in [-0.05, 0) is 12.5 Å². The van der Waals surface area contributed by atoms with Gasteiger partial charge in [0.2, 0.25) is 0 Å². The van der Waals surface area contributed by atoms with Crippen molar-refractivity contribution in [1.29, 1.82) is 0 Å². The fraction of sp³-hybridized carbons (Fsp3) is 0.600. The Labute approximate surface area is 116 Å². The highest BCUT2D eigenvalue weighted by molar-refractivity contribution is 7.90. The summed E-state index contributed by atoms with van der Waals surface area (Å²) in [6.07, 6.45) is 2.46. The SMILES string of the molecule is Cc1ccc(CS(=O)(=O)CC[N+]2(C)CCCC2)cc1. The first-order valence-corrected chi connectivity index (χ1v) is 8.80. The highest BCUT2D eigenvalue weighted by atomic mass is 32.2. The van der Waals surface area contributed by atoms with Crippen LogP contribution < -0.4 is 0 Å². The molecule has 0 bridgehead atoms. The number of nitrogens with zero attached hydrogens (tertiary/aromatic N) is 1. The normalized spacial score (nSPS) is 18.6. The molecule has 1 aliphatic rings. The fourth-order valence-electron chi connectivity index (χ4n) is 2.69. The molecular weight excluding hydrogens is 258 g/mol. The molecular formula is C15H24NO2S+. The molecule has 106 valence electrons. The number of hydrogen-bond donors (Lipinski definition) is 0. The molecule has 1 saturated heterocycles. The Hall–Kier alpha value is -0.870. The van der Waals surface area contributed by atoms with E-state index in [1.165, 1.54) is 12.8 Å². The van der Waals surface area contributed by atoms with Gasteiger partial charge in [0, 0.05) is 12.8 Å². The first kappa shape index (κ1) is 14.5. The van der Waals surface area contributed by atoms with Gasteiger partial charge in [-0.25, -0.2) is 8.42 Å². The second-order valence-corrected chi connectivity index (χ2v) is 8.26. The van der Waals surface area contributed by atoms with Gasteiger partial charge >= 0.3 is 0 Å². The van der Waals surface area contributed by atoms with Crippen molar-refractivity contribution in [1.82, 2.24) is 0 Å². The van der Waals surface area contributed by atoms with Crippen LogP contribution in [0.5, 0.6) is 0 Å². The zero-order chi connectivity index (χ0) is 13.9. The number of rotatable bonds is 5. The maximum Gasteiger partial charge on any atom is 0.159 e. The van der Waals surface area contributed by atoms with Crippen molar-refractivity contribution in [3.8, 4) is 0 Å². The quantitative estimate of drug-likeness (QED) is 0.776. The molecule has 0 spiro atoms. The van der Waals surface area contributed by atoms with Gasteiger partial charge in [-0.2, -0.15) is 0 Å². The highest BCUT2D eigenvalue weighted by Gasteiger charge is 2.28. The van der Waals surface area contributed by atoms with Gasteiger partial charge in [-0.15, -0.1) is 0 Å². The van der Waals surface area contributed by atoms with Crippen LogP contribution in [-0.4, -0.2) is 45.3 Å². The van der Waals surface area contributed by atoms with E-state index in [0.717, 1.165) is 35.2 Å². The molecule has 1 aromatic carbocycles. The van der Waals surface area contributed by atoms with Gasteiger partial charge in [-0.3, -0.25) is 0 Å². The first-order chi connectivity index (χ1) is 8.89. The summed E-state index contributed by atoms with van der Waals surface area (Å²) < 4.78 is 25.3. The lowest BCUT2D eigenvalue weighted by molar-refractivity contribution is -0.895.